The van der Waals surface area contributed by atoms with E-state index in [1.165, 1.54) is 26.2 Å². The summed E-state index contributed by atoms with van der Waals surface area (Å²) in [6.45, 7) is 10.5. The van der Waals surface area contributed by atoms with Crippen LogP contribution in [0.1, 0.15) is 79.6 Å². The topological polar surface area (TPSA) is 43.4 Å². The minimum Gasteiger partial charge on any atom is -0.463 e. The zero-order chi connectivity index (χ0) is 19.6. The lowest BCUT2D eigenvalue weighted by molar-refractivity contribution is -0.151. The van der Waals surface area contributed by atoms with Gasteiger partial charge in [-0.3, -0.25) is 9.59 Å². The molecule has 0 aliphatic heterocycles. The lowest BCUT2D eigenvalue weighted by Gasteiger charge is -2.56. The van der Waals surface area contributed by atoms with Crippen LogP contribution in [-0.2, 0) is 14.3 Å². The predicted octanol–water partition coefficient (Wildman–Crippen LogP) is 5.33. The summed E-state index contributed by atoms with van der Waals surface area (Å²) < 4.78 is 5.57. The Morgan fingerprint density at radius 3 is 2.52 bits per heavy atom. The van der Waals surface area contributed by atoms with E-state index in [0.717, 1.165) is 25.7 Å². The molecule has 3 heteroatoms. The van der Waals surface area contributed by atoms with E-state index in [1.54, 1.807) is 5.57 Å². The molecule has 4 aliphatic rings. The monoisotopic (exact) mass is 372 g/mol. The first-order chi connectivity index (χ1) is 12.7. The van der Waals surface area contributed by atoms with E-state index in [0.29, 0.717) is 29.5 Å². The van der Waals surface area contributed by atoms with Crippen LogP contribution in [-0.4, -0.2) is 17.9 Å². The average molecular weight is 373 g/mol. The maximum atomic E-state index is 12.4. The van der Waals surface area contributed by atoms with E-state index in [9.17, 15) is 9.59 Å². The molecule has 0 amide bonds. The van der Waals surface area contributed by atoms with E-state index in [4.69, 9.17) is 4.74 Å². The molecule has 8 atom stereocenters. The standard InChI is InChI=1S/C24H36O3/c1-14-12-21-19-7-6-17-13-18(27-16(3)26)8-10-23(17,4)20(19)9-11-24(21,5)22(14)15(2)25/h9,14,17-19,21-22H,6-8,10-13H2,1-5H3/t14-,17-,18+,19+,21+,22+,23-,24+/m0/s1. The van der Waals surface area contributed by atoms with Gasteiger partial charge in [-0.15, -0.1) is 0 Å². The molecule has 0 aromatic heterocycles. The fraction of sp³-hybridized carbons (Fsp3) is 0.833. The zero-order valence-corrected chi connectivity index (χ0v) is 17.7. The Labute approximate surface area is 164 Å². The van der Waals surface area contributed by atoms with Crippen LogP contribution in [0.15, 0.2) is 11.6 Å². The van der Waals surface area contributed by atoms with Crippen LogP contribution in [0, 0.1) is 40.4 Å². The summed E-state index contributed by atoms with van der Waals surface area (Å²) in [5.74, 6) is 2.93. The van der Waals surface area contributed by atoms with Gasteiger partial charge in [-0.1, -0.05) is 32.4 Å². The van der Waals surface area contributed by atoms with Crippen molar-refractivity contribution in [1.29, 1.82) is 0 Å². The van der Waals surface area contributed by atoms with Gasteiger partial charge in [-0.2, -0.15) is 0 Å². The third kappa shape index (κ3) is 2.83. The Balaban J connectivity index is 1.61. The fourth-order valence-electron chi connectivity index (χ4n) is 8.06. The smallest absolute Gasteiger partial charge is 0.302 e. The Morgan fingerprint density at radius 1 is 1.11 bits per heavy atom. The van der Waals surface area contributed by atoms with Gasteiger partial charge in [0, 0.05) is 12.8 Å². The lowest BCUT2D eigenvalue weighted by atomic mass is 9.48. The molecule has 0 radical (unpaired) electrons. The minimum absolute atomic E-state index is 0.111. The number of carbonyl (C=O) groups excluding carboxylic acids is 2. The molecule has 0 unspecified atom stereocenters. The highest BCUT2D eigenvalue weighted by Gasteiger charge is 2.59. The molecule has 150 valence electrons. The van der Waals surface area contributed by atoms with Crippen molar-refractivity contribution in [3.05, 3.63) is 11.6 Å². The van der Waals surface area contributed by atoms with Gasteiger partial charge in [0.25, 0.3) is 0 Å². The number of hydrogen-bond donors (Lipinski definition) is 0. The first-order valence-corrected chi connectivity index (χ1v) is 11.0. The van der Waals surface area contributed by atoms with Crippen molar-refractivity contribution >= 4 is 11.8 Å². The largest absolute Gasteiger partial charge is 0.463 e. The van der Waals surface area contributed by atoms with Crippen molar-refractivity contribution in [2.75, 3.05) is 0 Å². The van der Waals surface area contributed by atoms with Crippen molar-refractivity contribution in [1.82, 2.24) is 0 Å². The first kappa shape index (κ1) is 19.2. The highest BCUT2D eigenvalue weighted by Crippen LogP contribution is 2.66. The summed E-state index contributed by atoms with van der Waals surface area (Å²) in [6.07, 6.45) is 10.6. The normalized spacial score (nSPS) is 48.7. The number of hydrogen-bond acceptors (Lipinski definition) is 3. The Morgan fingerprint density at radius 2 is 1.85 bits per heavy atom. The number of fused-ring (bicyclic) bond motifs is 5. The third-order valence-corrected chi connectivity index (χ3v) is 9.09. The summed E-state index contributed by atoms with van der Waals surface area (Å²) >= 11 is 0. The lowest BCUT2D eigenvalue weighted by Crippen LogP contribution is -2.49. The second-order valence-corrected chi connectivity index (χ2v) is 10.6. The second kappa shape index (κ2) is 6.46. The second-order valence-electron chi connectivity index (χ2n) is 10.6. The molecule has 3 saturated carbocycles. The van der Waals surface area contributed by atoms with E-state index >= 15 is 0 Å². The summed E-state index contributed by atoms with van der Waals surface area (Å²) in [7, 11) is 0. The molecule has 4 rings (SSSR count). The van der Waals surface area contributed by atoms with Gasteiger partial charge in [-0.05, 0) is 86.4 Å². The van der Waals surface area contributed by atoms with Crippen molar-refractivity contribution in [3.8, 4) is 0 Å². The van der Waals surface area contributed by atoms with Gasteiger partial charge in [0.15, 0.2) is 0 Å². The number of esters is 1. The van der Waals surface area contributed by atoms with E-state index < -0.39 is 0 Å². The highest BCUT2D eigenvalue weighted by atomic mass is 16.5. The van der Waals surface area contributed by atoms with Crippen LogP contribution in [0.25, 0.3) is 0 Å². The van der Waals surface area contributed by atoms with Crippen LogP contribution in [0.5, 0.6) is 0 Å². The number of Topliss-reactive ketones (excluding diaryl/α,β-unsaturated/α-hetero) is 1. The van der Waals surface area contributed by atoms with Crippen molar-refractivity contribution in [2.24, 2.45) is 40.4 Å². The minimum atomic E-state index is -0.139. The molecule has 3 fully saturated rings. The summed E-state index contributed by atoms with van der Waals surface area (Å²) in [5.41, 5.74) is 2.11. The maximum Gasteiger partial charge on any atom is 0.302 e. The Kier molecular flexibility index (Phi) is 4.59. The molecule has 0 bridgehead atoms. The predicted molar refractivity (Wildman–Crippen MR) is 106 cm³/mol. The zero-order valence-electron chi connectivity index (χ0n) is 17.7. The Bertz CT molecular complexity index is 679. The molecule has 0 heterocycles. The van der Waals surface area contributed by atoms with E-state index in [1.807, 2.05) is 6.92 Å². The van der Waals surface area contributed by atoms with Gasteiger partial charge in [0.1, 0.15) is 11.9 Å². The molecule has 0 saturated heterocycles. The van der Waals surface area contributed by atoms with Crippen LogP contribution in [0.3, 0.4) is 0 Å². The van der Waals surface area contributed by atoms with Crippen molar-refractivity contribution < 1.29 is 14.3 Å². The van der Waals surface area contributed by atoms with Crippen LogP contribution >= 0.6 is 0 Å². The molecular formula is C24H36O3. The molecule has 3 nitrogen and oxygen atoms in total. The maximum absolute atomic E-state index is 12.4. The average Bonchev–Trinajstić information content (AvgIpc) is 2.85. The van der Waals surface area contributed by atoms with Crippen LogP contribution in [0.4, 0.5) is 0 Å². The molecule has 0 spiro atoms. The number of rotatable bonds is 2. The highest BCUT2D eigenvalue weighted by molar-refractivity contribution is 5.80. The quantitative estimate of drug-likeness (QED) is 0.486. The molecule has 27 heavy (non-hydrogen) atoms. The molecule has 0 aromatic rings. The number of carbonyl (C=O) groups is 2. The van der Waals surface area contributed by atoms with E-state index in [-0.39, 0.29) is 28.8 Å². The summed E-state index contributed by atoms with van der Waals surface area (Å²) in [4.78, 5) is 23.8. The fourth-order valence-corrected chi connectivity index (χ4v) is 8.06. The number of ether oxygens (including phenoxy) is 1. The van der Waals surface area contributed by atoms with Crippen molar-refractivity contribution in [2.45, 2.75) is 85.7 Å². The van der Waals surface area contributed by atoms with Gasteiger partial charge in [-0.25, -0.2) is 0 Å². The van der Waals surface area contributed by atoms with Gasteiger partial charge < -0.3 is 4.74 Å². The number of allylic oxidation sites excluding steroid dienone is 2. The molecule has 0 aromatic carbocycles. The SMILES string of the molecule is CC(=O)O[C@@H]1CC[C@]2(C)C3=CC[C@]4(C)[C@H](C[C@H](C)[C@@H]4C(C)=O)[C@@H]3CC[C@H]2C1. The van der Waals surface area contributed by atoms with Gasteiger partial charge >= 0.3 is 5.97 Å². The Hall–Kier alpha value is -1.12. The first-order valence-electron chi connectivity index (χ1n) is 11.0. The molecule has 0 N–H and O–H groups in total. The van der Waals surface area contributed by atoms with Gasteiger partial charge in [0.2, 0.25) is 0 Å². The summed E-state index contributed by atoms with van der Waals surface area (Å²) in [5, 5.41) is 0. The molecular weight excluding hydrogens is 336 g/mol. The van der Waals surface area contributed by atoms with Crippen LogP contribution < -0.4 is 0 Å². The third-order valence-electron chi connectivity index (χ3n) is 9.09. The van der Waals surface area contributed by atoms with E-state index in [2.05, 4.69) is 26.8 Å². The number of ketones is 1. The summed E-state index contributed by atoms with van der Waals surface area (Å²) in [6, 6.07) is 0. The van der Waals surface area contributed by atoms with Crippen molar-refractivity contribution in [3.63, 3.8) is 0 Å². The molecule has 4 aliphatic carbocycles. The van der Waals surface area contributed by atoms with Gasteiger partial charge in [0.05, 0.1) is 0 Å². The van der Waals surface area contributed by atoms with Crippen LogP contribution in [0.2, 0.25) is 0 Å².